The number of amides is 1. The van der Waals surface area contributed by atoms with Gasteiger partial charge >= 0.3 is 0 Å². The monoisotopic (exact) mass is 315 g/mol. The van der Waals surface area contributed by atoms with Crippen LogP contribution in [0.15, 0.2) is 29.2 Å². The summed E-state index contributed by atoms with van der Waals surface area (Å²) in [5, 5.41) is 1.83. The van der Waals surface area contributed by atoms with Gasteiger partial charge in [0.25, 0.3) is 0 Å². The Labute approximate surface area is 123 Å². The molecule has 1 aromatic carbocycles. The number of nitrogens with one attached hydrogen (secondary N) is 3. The molecule has 0 aromatic heterocycles. The Morgan fingerprint density at radius 2 is 2.10 bits per heavy atom. The minimum absolute atomic E-state index is 0.0184. The van der Waals surface area contributed by atoms with Crippen LogP contribution in [0.5, 0.6) is 0 Å². The van der Waals surface area contributed by atoms with Gasteiger partial charge in [-0.1, -0.05) is 0 Å². The van der Waals surface area contributed by atoms with Crippen LogP contribution in [0.4, 0.5) is 4.39 Å². The molecular weight excluding hydrogens is 297 g/mol. The maximum absolute atomic E-state index is 12.8. The zero-order chi connectivity index (χ0) is 15.5. The second kappa shape index (κ2) is 6.50. The number of rotatable bonds is 5. The van der Waals surface area contributed by atoms with Gasteiger partial charge in [0.15, 0.2) is 9.84 Å². The lowest BCUT2D eigenvalue weighted by atomic mass is 10.3. The largest absolute Gasteiger partial charge is 0.339 e. The first kappa shape index (κ1) is 15.9. The summed E-state index contributed by atoms with van der Waals surface area (Å²) in [5.74, 6) is -0.839. The average molecular weight is 315 g/mol. The molecule has 1 saturated heterocycles. The highest BCUT2D eigenvalue weighted by Gasteiger charge is 2.26. The molecule has 1 aliphatic heterocycles. The van der Waals surface area contributed by atoms with Crippen LogP contribution >= 0.6 is 0 Å². The molecule has 0 radical (unpaired) electrons. The van der Waals surface area contributed by atoms with Gasteiger partial charge in [0.05, 0.1) is 16.3 Å². The minimum Gasteiger partial charge on any atom is -0.339 e. The summed E-state index contributed by atoms with van der Waals surface area (Å²) in [6.07, 6.45) is 0.418. The number of halogens is 1. The molecule has 2 atom stereocenters. The molecule has 1 amide bonds. The van der Waals surface area contributed by atoms with Gasteiger partial charge in [-0.05, 0) is 37.6 Å². The molecule has 0 saturated carbocycles. The molecule has 21 heavy (non-hydrogen) atoms. The predicted octanol–water partition coefficient (Wildman–Crippen LogP) is 0.318. The Morgan fingerprint density at radius 1 is 1.43 bits per heavy atom. The number of carbonyl (C=O) groups is 1. The Morgan fingerprint density at radius 3 is 2.67 bits per heavy atom. The van der Waals surface area contributed by atoms with Crippen molar-refractivity contribution >= 4 is 15.7 Å². The zero-order valence-corrected chi connectivity index (χ0v) is 12.4. The average Bonchev–Trinajstić information content (AvgIpc) is 2.91. The van der Waals surface area contributed by atoms with Crippen LogP contribution in [0.1, 0.15) is 19.8 Å². The van der Waals surface area contributed by atoms with Gasteiger partial charge < -0.3 is 5.32 Å². The van der Waals surface area contributed by atoms with E-state index in [0.29, 0.717) is 0 Å². The van der Waals surface area contributed by atoms with E-state index in [4.69, 9.17) is 0 Å². The molecule has 0 bridgehead atoms. The molecule has 8 heteroatoms. The third-order valence-electron chi connectivity index (χ3n) is 3.31. The smallest absolute Gasteiger partial charge is 0.222 e. The Hall–Kier alpha value is -1.51. The molecule has 6 nitrogen and oxygen atoms in total. The van der Waals surface area contributed by atoms with E-state index in [1.165, 1.54) is 19.1 Å². The molecule has 1 aliphatic rings. The van der Waals surface area contributed by atoms with E-state index in [9.17, 15) is 17.6 Å². The summed E-state index contributed by atoms with van der Waals surface area (Å²) in [7, 11) is -3.65. The van der Waals surface area contributed by atoms with Crippen molar-refractivity contribution in [2.75, 3.05) is 6.54 Å². The van der Waals surface area contributed by atoms with Gasteiger partial charge in [0, 0.05) is 13.0 Å². The van der Waals surface area contributed by atoms with Gasteiger partial charge in [-0.2, -0.15) is 0 Å². The third-order valence-corrected chi connectivity index (χ3v) is 5.47. The van der Waals surface area contributed by atoms with E-state index >= 15 is 0 Å². The zero-order valence-electron chi connectivity index (χ0n) is 11.6. The second-order valence-electron chi connectivity index (χ2n) is 4.99. The molecule has 3 N–H and O–H groups in total. The van der Waals surface area contributed by atoms with E-state index in [1.54, 1.807) is 0 Å². The highest BCUT2D eigenvalue weighted by molar-refractivity contribution is 7.92. The van der Waals surface area contributed by atoms with Gasteiger partial charge in [-0.25, -0.2) is 18.2 Å². The van der Waals surface area contributed by atoms with E-state index in [2.05, 4.69) is 16.2 Å². The quantitative estimate of drug-likeness (QED) is 0.681. The fraction of sp³-hybridized carbons (Fsp3) is 0.462. The molecule has 116 valence electrons. The maximum atomic E-state index is 12.8. The number of carbonyl (C=O) groups excluding carboxylic acids is 1. The van der Waals surface area contributed by atoms with Crippen LogP contribution in [-0.2, 0) is 14.6 Å². The summed E-state index contributed by atoms with van der Waals surface area (Å²) in [6.45, 7) is 2.22. The van der Waals surface area contributed by atoms with Gasteiger partial charge in [0.1, 0.15) is 5.82 Å². The molecule has 2 rings (SSSR count). The van der Waals surface area contributed by atoms with Crippen molar-refractivity contribution in [3.05, 3.63) is 30.1 Å². The van der Waals surface area contributed by atoms with Crippen LogP contribution in [-0.4, -0.2) is 32.3 Å². The van der Waals surface area contributed by atoms with E-state index in [1.807, 2.05) is 0 Å². The highest BCUT2D eigenvalue weighted by atomic mass is 32.2. The van der Waals surface area contributed by atoms with Gasteiger partial charge in [0.2, 0.25) is 5.91 Å². The van der Waals surface area contributed by atoms with Gasteiger partial charge in [-0.3, -0.25) is 10.2 Å². The number of hydrazine groups is 1. The van der Waals surface area contributed by atoms with E-state index < -0.39 is 20.9 Å². The lowest BCUT2D eigenvalue weighted by molar-refractivity contribution is -0.121. The van der Waals surface area contributed by atoms with Crippen molar-refractivity contribution in [2.24, 2.45) is 0 Å². The molecule has 1 heterocycles. The summed E-state index contributed by atoms with van der Waals surface area (Å²) in [4.78, 5) is 11.9. The maximum Gasteiger partial charge on any atom is 0.222 e. The van der Waals surface area contributed by atoms with Crippen LogP contribution < -0.4 is 16.2 Å². The predicted molar refractivity (Wildman–Crippen MR) is 75.4 cm³/mol. The second-order valence-corrected chi connectivity index (χ2v) is 7.36. The first-order chi connectivity index (χ1) is 9.89. The van der Waals surface area contributed by atoms with Crippen molar-refractivity contribution in [1.29, 1.82) is 0 Å². The van der Waals surface area contributed by atoms with E-state index in [-0.39, 0.29) is 23.4 Å². The fourth-order valence-electron chi connectivity index (χ4n) is 2.07. The molecule has 2 unspecified atom stereocenters. The molecular formula is C13H18FN3O3S. The fourth-order valence-corrected chi connectivity index (χ4v) is 3.42. The Kier molecular flexibility index (Phi) is 4.92. The standard InChI is InChI=1S/C13H18FN3O3S/c1-9(8-13(18)16-12-6-7-15-17-12)21(19,20)11-4-2-10(14)3-5-11/h2-5,9,12,15,17H,6-8H2,1H3,(H,16,18). The lowest BCUT2D eigenvalue weighted by Gasteiger charge is -2.16. The van der Waals surface area contributed by atoms with Crippen molar-refractivity contribution < 1.29 is 17.6 Å². The highest BCUT2D eigenvalue weighted by Crippen LogP contribution is 2.18. The number of sulfone groups is 1. The number of benzene rings is 1. The summed E-state index contributed by atoms with van der Waals surface area (Å²) in [6, 6.07) is 4.60. The normalized spacial score (nSPS) is 20.2. The van der Waals surface area contributed by atoms with Crippen molar-refractivity contribution in [3.63, 3.8) is 0 Å². The van der Waals surface area contributed by atoms with Crippen LogP contribution in [0, 0.1) is 5.82 Å². The Balaban J connectivity index is 1.99. The van der Waals surface area contributed by atoms with Gasteiger partial charge in [-0.15, -0.1) is 0 Å². The first-order valence-electron chi connectivity index (χ1n) is 6.67. The van der Waals surface area contributed by atoms with Crippen molar-refractivity contribution in [3.8, 4) is 0 Å². The summed E-state index contributed by atoms with van der Waals surface area (Å²) < 4.78 is 37.4. The van der Waals surface area contributed by atoms with Crippen molar-refractivity contribution in [2.45, 2.75) is 36.1 Å². The topological polar surface area (TPSA) is 87.3 Å². The first-order valence-corrected chi connectivity index (χ1v) is 8.21. The van der Waals surface area contributed by atoms with Crippen molar-refractivity contribution in [1.82, 2.24) is 16.2 Å². The number of hydrogen-bond acceptors (Lipinski definition) is 5. The molecule has 0 aliphatic carbocycles. The molecule has 1 aromatic rings. The molecule has 1 fully saturated rings. The lowest BCUT2D eigenvalue weighted by Crippen LogP contribution is -2.45. The SMILES string of the molecule is CC(CC(=O)NC1CCNN1)S(=O)(=O)c1ccc(F)cc1. The van der Waals surface area contributed by atoms with Crippen LogP contribution in [0.3, 0.4) is 0 Å². The minimum atomic E-state index is -3.65. The Bertz CT molecular complexity index is 598. The number of hydrogen-bond donors (Lipinski definition) is 3. The molecule has 0 spiro atoms. The third kappa shape index (κ3) is 3.99. The summed E-state index contributed by atoms with van der Waals surface area (Å²) in [5.41, 5.74) is 5.74. The van der Waals surface area contributed by atoms with Crippen LogP contribution in [0.2, 0.25) is 0 Å². The van der Waals surface area contributed by atoms with E-state index in [0.717, 1.165) is 25.1 Å². The summed E-state index contributed by atoms with van der Waals surface area (Å²) >= 11 is 0. The van der Waals surface area contributed by atoms with Crippen LogP contribution in [0.25, 0.3) is 0 Å².